The molecule has 1 heterocycles. The van der Waals surface area contributed by atoms with Crippen LogP contribution in [0.25, 0.3) is 11.3 Å². The molecule has 0 saturated carbocycles. The second-order valence-corrected chi connectivity index (χ2v) is 6.94. The molecule has 0 bridgehead atoms. The number of nitrogens with zero attached hydrogens (tertiary/aromatic N) is 1. The zero-order valence-corrected chi connectivity index (χ0v) is 12.0. The van der Waals surface area contributed by atoms with E-state index < -0.39 is 10.0 Å². The Hall–Kier alpha value is -1.44. The molecular weight excluding hydrogens is 284 g/mol. The van der Waals surface area contributed by atoms with Gasteiger partial charge in [0.05, 0.1) is 18.0 Å². The van der Waals surface area contributed by atoms with Crippen molar-refractivity contribution in [3.8, 4) is 17.0 Å². The van der Waals surface area contributed by atoms with Crippen molar-refractivity contribution in [2.45, 2.75) is 13.5 Å². The van der Waals surface area contributed by atoms with E-state index in [1.807, 2.05) is 5.38 Å². The van der Waals surface area contributed by atoms with Crippen molar-refractivity contribution in [1.29, 1.82) is 0 Å². The lowest BCUT2D eigenvalue weighted by Gasteiger charge is -2.01. The van der Waals surface area contributed by atoms with Crippen LogP contribution in [0, 0.1) is 0 Å². The fourth-order valence-electron chi connectivity index (χ4n) is 1.43. The van der Waals surface area contributed by atoms with Gasteiger partial charge < -0.3 is 5.11 Å². The molecule has 1 aromatic carbocycles. The molecule has 2 N–H and O–H groups in total. The van der Waals surface area contributed by atoms with Crippen LogP contribution in [0.5, 0.6) is 5.75 Å². The maximum atomic E-state index is 11.3. The van der Waals surface area contributed by atoms with Crippen molar-refractivity contribution in [2.24, 2.45) is 0 Å². The number of nitrogens with one attached hydrogen (secondary N) is 1. The van der Waals surface area contributed by atoms with Gasteiger partial charge in [0.25, 0.3) is 0 Å². The first-order chi connectivity index (χ1) is 9.00. The van der Waals surface area contributed by atoms with E-state index in [4.69, 9.17) is 0 Å². The van der Waals surface area contributed by atoms with E-state index in [2.05, 4.69) is 9.71 Å². The summed E-state index contributed by atoms with van der Waals surface area (Å²) >= 11 is 1.40. The second kappa shape index (κ2) is 5.68. The van der Waals surface area contributed by atoms with Gasteiger partial charge in [-0.3, -0.25) is 0 Å². The molecule has 0 radical (unpaired) electrons. The Morgan fingerprint density at radius 2 is 2.00 bits per heavy atom. The molecule has 7 heteroatoms. The van der Waals surface area contributed by atoms with Crippen molar-refractivity contribution in [1.82, 2.24) is 9.71 Å². The summed E-state index contributed by atoms with van der Waals surface area (Å²) in [5.41, 5.74) is 1.66. The molecule has 0 aliphatic carbocycles. The molecule has 0 unspecified atom stereocenters. The van der Waals surface area contributed by atoms with E-state index in [1.54, 1.807) is 31.2 Å². The molecule has 0 atom stereocenters. The number of phenols is 1. The van der Waals surface area contributed by atoms with Gasteiger partial charge in [0.15, 0.2) is 0 Å². The Morgan fingerprint density at radius 1 is 1.32 bits per heavy atom. The molecule has 0 fully saturated rings. The van der Waals surface area contributed by atoms with Crippen LogP contribution in [-0.2, 0) is 16.6 Å². The molecule has 0 saturated heterocycles. The fourth-order valence-corrected chi connectivity index (χ4v) is 2.83. The number of aromatic nitrogens is 1. The Labute approximate surface area is 116 Å². The lowest BCUT2D eigenvalue weighted by molar-refractivity contribution is 0.475. The van der Waals surface area contributed by atoms with E-state index >= 15 is 0 Å². The first-order valence-corrected chi connectivity index (χ1v) is 8.24. The van der Waals surface area contributed by atoms with Gasteiger partial charge in [-0.25, -0.2) is 18.1 Å². The third kappa shape index (κ3) is 3.76. The van der Waals surface area contributed by atoms with Gasteiger partial charge in [-0.05, 0) is 31.2 Å². The molecular formula is C12H14N2O3S2. The highest BCUT2D eigenvalue weighted by Gasteiger charge is 2.09. The molecule has 0 aliphatic rings. The lowest BCUT2D eigenvalue weighted by atomic mass is 10.2. The number of rotatable bonds is 5. The van der Waals surface area contributed by atoms with Crippen LogP contribution in [-0.4, -0.2) is 24.3 Å². The minimum atomic E-state index is -3.20. The molecule has 5 nitrogen and oxygen atoms in total. The molecule has 19 heavy (non-hydrogen) atoms. The normalized spacial score (nSPS) is 11.6. The highest BCUT2D eigenvalue weighted by Crippen LogP contribution is 2.23. The highest BCUT2D eigenvalue weighted by molar-refractivity contribution is 7.89. The standard InChI is InChI=1S/C12H14N2O3S2/c1-2-19(16,17)13-7-12-14-11(8-18-12)9-3-5-10(15)6-4-9/h3-6,8,13,15H,2,7H2,1H3. The molecule has 0 amide bonds. The van der Waals surface area contributed by atoms with E-state index in [0.717, 1.165) is 11.3 Å². The molecule has 102 valence electrons. The number of thiazole rings is 1. The van der Waals surface area contributed by atoms with E-state index in [1.165, 1.54) is 11.3 Å². The quantitative estimate of drug-likeness (QED) is 0.884. The Kier molecular flexibility index (Phi) is 4.18. The number of phenolic OH excluding ortho intramolecular Hbond substituents is 1. The Bertz CT molecular complexity index is 648. The maximum Gasteiger partial charge on any atom is 0.211 e. The SMILES string of the molecule is CCS(=O)(=O)NCc1nc(-c2ccc(O)cc2)cs1. The summed E-state index contributed by atoms with van der Waals surface area (Å²) in [6.07, 6.45) is 0. The summed E-state index contributed by atoms with van der Waals surface area (Å²) < 4.78 is 25.1. The molecule has 0 spiro atoms. The minimum absolute atomic E-state index is 0.0587. The highest BCUT2D eigenvalue weighted by atomic mass is 32.2. The van der Waals surface area contributed by atoms with Crippen molar-refractivity contribution in [3.05, 3.63) is 34.7 Å². The number of hydrogen-bond donors (Lipinski definition) is 2. The van der Waals surface area contributed by atoms with E-state index in [9.17, 15) is 13.5 Å². The molecule has 0 aliphatic heterocycles. The van der Waals surface area contributed by atoms with Crippen LogP contribution >= 0.6 is 11.3 Å². The van der Waals surface area contributed by atoms with Crippen LogP contribution in [0.4, 0.5) is 0 Å². The monoisotopic (exact) mass is 298 g/mol. The van der Waals surface area contributed by atoms with Gasteiger partial charge in [0, 0.05) is 10.9 Å². The summed E-state index contributed by atoms with van der Waals surface area (Å²) in [6.45, 7) is 1.80. The first kappa shape index (κ1) is 14.0. The summed E-state index contributed by atoms with van der Waals surface area (Å²) in [4.78, 5) is 4.36. The Balaban J connectivity index is 2.09. The largest absolute Gasteiger partial charge is 0.508 e. The van der Waals surface area contributed by atoms with Crippen LogP contribution in [0.2, 0.25) is 0 Å². The van der Waals surface area contributed by atoms with Crippen LogP contribution in [0.3, 0.4) is 0 Å². The summed E-state index contributed by atoms with van der Waals surface area (Å²) in [5.74, 6) is 0.262. The van der Waals surface area contributed by atoms with Gasteiger partial charge in [0.1, 0.15) is 10.8 Å². The number of hydrogen-bond acceptors (Lipinski definition) is 5. The van der Waals surface area contributed by atoms with Gasteiger partial charge in [0.2, 0.25) is 10.0 Å². The van der Waals surface area contributed by atoms with Crippen molar-refractivity contribution >= 4 is 21.4 Å². The van der Waals surface area contributed by atoms with Gasteiger partial charge in [-0.2, -0.15) is 0 Å². The van der Waals surface area contributed by atoms with Gasteiger partial charge >= 0.3 is 0 Å². The number of aromatic hydroxyl groups is 1. The average Bonchev–Trinajstić information content (AvgIpc) is 2.86. The van der Waals surface area contributed by atoms with Crippen LogP contribution in [0.1, 0.15) is 11.9 Å². The summed E-state index contributed by atoms with van der Waals surface area (Å²) in [7, 11) is -3.20. The molecule has 1 aromatic heterocycles. The zero-order valence-electron chi connectivity index (χ0n) is 10.3. The smallest absolute Gasteiger partial charge is 0.211 e. The van der Waals surface area contributed by atoms with E-state index in [-0.39, 0.29) is 18.0 Å². The number of benzene rings is 1. The van der Waals surface area contributed by atoms with Crippen LogP contribution in [0.15, 0.2) is 29.6 Å². The zero-order chi connectivity index (χ0) is 13.9. The summed E-state index contributed by atoms with van der Waals surface area (Å²) in [5, 5.41) is 11.8. The third-order valence-corrected chi connectivity index (χ3v) is 4.73. The first-order valence-electron chi connectivity index (χ1n) is 5.71. The molecule has 2 aromatic rings. The van der Waals surface area contributed by atoms with Gasteiger partial charge in [-0.1, -0.05) is 0 Å². The van der Waals surface area contributed by atoms with Crippen LogP contribution < -0.4 is 4.72 Å². The third-order valence-electron chi connectivity index (χ3n) is 2.54. The Morgan fingerprint density at radius 3 is 2.63 bits per heavy atom. The van der Waals surface area contributed by atoms with Gasteiger partial charge in [-0.15, -0.1) is 11.3 Å². The minimum Gasteiger partial charge on any atom is -0.508 e. The van der Waals surface area contributed by atoms with Crippen molar-refractivity contribution < 1.29 is 13.5 Å². The van der Waals surface area contributed by atoms with Crippen molar-refractivity contribution in [2.75, 3.05) is 5.75 Å². The van der Waals surface area contributed by atoms with E-state index in [0.29, 0.717) is 5.01 Å². The topological polar surface area (TPSA) is 79.3 Å². The predicted molar refractivity (Wildman–Crippen MR) is 75.5 cm³/mol. The fraction of sp³-hybridized carbons (Fsp3) is 0.250. The average molecular weight is 298 g/mol. The maximum absolute atomic E-state index is 11.3. The lowest BCUT2D eigenvalue weighted by Crippen LogP contribution is -2.24. The molecule has 2 rings (SSSR count). The summed E-state index contributed by atoms with van der Waals surface area (Å²) in [6, 6.07) is 6.72. The second-order valence-electron chi connectivity index (χ2n) is 3.90. The predicted octanol–water partition coefficient (Wildman–Crippen LogP) is 1.96. The number of sulfonamides is 1. The van der Waals surface area contributed by atoms with Crippen molar-refractivity contribution in [3.63, 3.8) is 0 Å².